The molecule has 1 aromatic carbocycles. The summed E-state index contributed by atoms with van der Waals surface area (Å²) in [5.74, 6) is -0.735. The Morgan fingerprint density at radius 1 is 1.50 bits per heavy atom. The van der Waals surface area contributed by atoms with Crippen LogP contribution in [0, 0.1) is 20.8 Å². The van der Waals surface area contributed by atoms with Crippen molar-refractivity contribution in [1.29, 1.82) is 0 Å². The van der Waals surface area contributed by atoms with Crippen LogP contribution in [0.3, 0.4) is 0 Å². The maximum Gasteiger partial charge on any atom is 0.284 e. The van der Waals surface area contributed by atoms with Gasteiger partial charge in [-0.25, -0.2) is 9.49 Å². The molecule has 82 valence electrons. The predicted octanol–water partition coefficient (Wildman–Crippen LogP) is 2.45. The van der Waals surface area contributed by atoms with Crippen LogP contribution in [0.25, 0.3) is 11.5 Å². The number of nitrogens with one attached hydrogen (secondary N) is 1. The molecule has 8 heteroatoms. The van der Waals surface area contributed by atoms with E-state index in [1.807, 2.05) is 0 Å². The van der Waals surface area contributed by atoms with E-state index in [2.05, 4.69) is 22.4 Å². The van der Waals surface area contributed by atoms with Crippen molar-refractivity contribution >= 4 is 17.9 Å². The molecule has 0 spiro atoms. The number of benzene rings is 1. The first-order valence-electron chi connectivity index (χ1n) is 4.07. The Morgan fingerprint density at radius 2 is 2.25 bits per heavy atom. The molecular weight excluding hydrogens is 237 g/mol. The predicted molar refractivity (Wildman–Crippen MR) is 53.7 cm³/mol. The molecule has 0 fully saturated rings. The van der Waals surface area contributed by atoms with E-state index >= 15 is 0 Å². The zero-order chi connectivity index (χ0) is 11.7. The normalized spacial score (nSPS) is 10.3. The van der Waals surface area contributed by atoms with Crippen LogP contribution in [0.15, 0.2) is 22.6 Å². The lowest BCUT2D eigenvalue weighted by Crippen LogP contribution is -1.90. The van der Waals surface area contributed by atoms with Crippen LogP contribution in [-0.2, 0) is 0 Å². The number of rotatable bonds is 2. The Hall–Kier alpha value is -2.09. The lowest BCUT2D eigenvalue weighted by molar-refractivity contribution is -0.385. The number of non-ortho nitro benzene ring substituents is 1. The third-order valence-electron chi connectivity index (χ3n) is 1.78. The first kappa shape index (κ1) is 10.4. The summed E-state index contributed by atoms with van der Waals surface area (Å²) in [6.07, 6.45) is 0. The highest BCUT2D eigenvalue weighted by atomic mass is 32.1. The average Bonchev–Trinajstić information content (AvgIpc) is 2.64. The molecule has 0 atom stereocenters. The van der Waals surface area contributed by atoms with Crippen LogP contribution in [-0.4, -0.2) is 15.1 Å². The van der Waals surface area contributed by atoms with Crippen molar-refractivity contribution in [2.24, 2.45) is 0 Å². The van der Waals surface area contributed by atoms with Crippen LogP contribution < -0.4 is 0 Å². The van der Waals surface area contributed by atoms with E-state index in [0.717, 1.165) is 18.2 Å². The first-order valence-corrected chi connectivity index (χ1v) is 4.48. The monoisotopic (exact) mass is 241 g/mol. The minimum Gasteiger partial charge on any atom is -0.409 e. The summed E-state index contributed by atoms with van der Waals surface area (Å²) < 4.78 is 18.0. The van der Waals surface area contributed by atoms with Crippen molar-refractivity contribution in [3.63, 3.8) is 0 Å². The number of nitro groups is 1. The van der Waals surface area contributed by atoms with Crippen molar-refractivity contribution in [3.8, 4) is 11.5 Å². The highest BCUT2D eigenvalue weighted by molar-refractivity contribution is 7.71. The maximum atomic E-state index is 13.1. The highest BCUT2D eigenvalue weighted by Crippen LogP contribution is 2.23. The summed E-state index contributed by atoms with van der Waals surface area (Å²) in [5, 5.41) is 16.5. The number of hydrogen-bond donors (Lipinski definition) is 1. The second-order valence-corrected chi connectivity index (χ2v) is 3.24. The Bertz CT molecular complexity index is 607. The largest absolute Gasteiger partial charge is 0.409 e. The molecule has 0 amide bonds. The number of nitro benzene ring substituents is 1. The molecule has 1 N–H and O–H groups in total. The van der Waals surface area contributed by atoms with Gasteiger partial charge in [0.2, 0.25) is 5.89 Å². The van der Waals surface area contributed by atoms with Gasteiger partial charge in [0.1, 0.15) is 5.82 Å². The van der Waals surface area contributed by atoms with Crippen LogP contribution in [0.2, 0.25) is 0 Å². The van der Waals surface area contributed by atoms with Gasteiger partial charge in [0.15, 0.2) is 0 Å². The van der Waals surface area contributed by atoms with E-state index in [-0.39, 0.29) is 22.0 Å². The van der Waals surface area contributed by atoms with Crippen LogP contribution in [0.5, 0.6) is 0 Å². The average molecular weight is 241 g/mol. The number of nitrogens with zero attached hydrogens (tertiary/aromatic N) is 2. The fraction of sp³-hybridized carbons (Fsp3) is 0. The van der Waals surface area contributed by atoms with Crippen molar-refractivity contribution in [1.82, 2.24) is 10.2 Å². The molecule has 0 bridgehead atoms. The third kappa shape index (κ3) is 1.96. The SMILES string of the molecule is O=[N+]([O-])c1cc(F)cc(-c2n[nH]c(=S)o2)c1. The molecule has 0 aliphatic rings. The van der Waals surface area contributed by atoms with Gasteiger partial charge in [0.05, 0.1) is 11.0 Å². The Labute approximate surface area is 92.9 Å². The topological polar surface area (TPSA) is 85.0 Å². The molecule has 0 saturated heterocycles. The molecule has 2 aromatic rings. The maximum absolute atomic E-state index is 13.1. The summed E-state index contributed by atoms with van der Waals surface area (Å²) in [4.78, 5) is 9.82. The molecule has 0 radical (unpaired) electrons. The molecule has 0 unspecified atom stereocenters. The zero-order valence-corrected chi connectivity index (χ0v) is 8.45. The highest BCUT2D eigenvalue weighted by Gasteiger charge is 2.13. The van der Waals surface area contributed by atoms with Crippen molar-refractivity contribution in [2.75, 3.05) is 0 Å². The van der Waals surface area contributed by atoms with Gasteiger partial charge < -0.3 is 4.42 Å². The fourth-order valence-corrected chi connectivity index (χ4v) is 1.28. The second-order valence-electron chi connectivity index (χ2n) is 2.87. The standard InChI is InChI=1S/C8H4FN3O3S/c9-5-1-4(2-6(3-5)12(13)14)7-10-11-8(16)15-7/h1-3H,(H,11,16). The van der Waals surface area contributed by atoms with Crippen molar-refractivity contribution in [2.45, 2.75) is 0 Å². The minimum atomic E-state index is -0.742. The van der Waals surface area contributed by atoms with Crippen LogP contribution in [0.4, 0.5) is 10.1 Å². The van der Waals surface area contributed by atoms with Gasteiger partial charge >= 0.3 is 0 Å². The molecule has 6 nitrogen and oxygen atoms in total. The van der Waals surface area contributed by atoms with E-state index in [9.17, 15) is 14.5 Å². The van der Waals surface area contributed by atoms with E-state index < -0.39 is 10.7 Å². The third-order valence-corrected chi connectivity index (χ3v) is 1.95. The summed E-state index contributed by atoms with van der Waals surface area (Å²) in [7, 11) is 0. The number of halogens is 1. The van der Waals surface area contributed by atoms with Gasteiger partial charge in [-0.3, -0.25) is 10.1 Å². The zero-order valence-electron chi connectivity index (χ0n) is 7.64. The Balaban J connectivity index is 2.57. The summed E-state index contributed by atoms with van der Waals surface area (Å²) in [6, 6.07) is 3.03. The number of aromatic nitrogens is 2. The summed E-state index contributed by atoms with van der Waals surface area (Å²) in [5.41, 5.74) is -0.224. The fourth-order valence-electron chi connectivity index (χ4n) is 1.16. The van der Waals surface area contributed by atoms with E-state index in [0.29, 0.717) is 0 Å². The lowest BCUT2D eigenvalue weighted by Gasteiger charge is -1.96. The molecule has 1 aromatic heterocycles. The van der Waals surface area contributed by atoms with Crippen LogP contribution in [0.1, 0.15) is 0 Å². The first-order chi connectivity index (χ1) is 7.56. The number of H-pyrrole nitrogens is 1. The molecule has 0 aliphatic carbocycles. The van der Waals surface area contributed by atoms with E-state index in [4.69, 9.17) is 4.42 Å². The molecule has 0 saturated carbocycles. The second kappa shape index (κ2) is 3.81. The van der Waals surface area contributed by atoms with Gasteiger partial charge in [-0.05, 0) is 18.3 Å². The molecule has 2 rings (SSSR count). The van der Waals surface area contributed by atoms with Crippen LogP contribution >= 0.6 is 12.2 Å². The van der Waals surface area contributed by atoms with Crippen molar-refractivity contribution < 1.29 is 13.7 Å². The molecular formula is C8H4FN3O3S. The van der Waals surface area contributed by atoms with Crippen molar-refractivity contribution in [3.05, 3.63) is 39.0 Å². The Kier molecular flexibility index (Phi) is 2.49. The van der Waals surface area contributed by atoms with Gasteiger partial charge in [0, 0.05) is 11.6 Å². The summed E-state index contributed by atoms with van der Waals surface area (Å²) >= 11 is 4.64. The Morgan fingerprint density at radius 3 is 2.81 bits per heavy atom. The van der Waals surface area contributed by atoms with E-state index in [1.165, 1.54) is 0 Å². The van der Waals surface area contributed by atoms with Gasteiger partial charge in [-0.2, -0.15) is 0 Å². The van der Waals surface area contributed by atoms with Gasteiger partial charge in [0.25, 0.3) is 10.5 Å². The summed E-state index contributed by atoms with van der Waals surface area (Å²) in [6.45, 7) is 0. The smallest absolute Gasteiger partial charge is 0.284 e. The molecule has 1 heterocycles. The quantitative estimate of drug-likeness (QED) is 0.496. The minimum absolute atomic E-state index is 0.00704. The number of aromatic amines is 1. The van der Waals surface area contributed by atoms with E-state index in [1.54, 1.807) is 0 Å². The van der Waals surface area contributed by atoms with Gasteiger partial charge in [-0.1, -0.05) is 0 Å². The molecule has 16 heavy (non-hydrogen) atoms. The molecule has 0 aliphatic heterocycles. The lowest BCUT2D eigenvalue weighted by atomic mass is 10.2. The van der Waals surface area contributed by atoms with Gasteiger partial charge in [-0.15, -0.1) is 5.10 Å². The number of hydrogen-bond acceptors (Lipinski definition) is 5.